The number of thiazole rings is 1. The van der Waals surface area contributed by atoms with Gasteiger partial charge in [0.15, 0.2) is 0 Å². The van der Waals surface area contributed by atoms with Crippen molar-refractivity contribution in [1.29, 1.82) is 0 Å². The van der Waals surface area contributed by atoms with Gasteiger partial charge in [0, 0.05) is 37.1 Å². The molecule has 0 radical (unpaired) electrons. The fourth-order valence-corrected chi connectivity index (χ4v) is 5.18. The van der Waals surface area contributed by atoms with Gasteiger partial charge in [0.2, 0.25) is 5.91 Å². The number of Topliss-reactive ketones (excluding diaryl/α,β-unsaturated/α-hetero) is 1. The predicted molar refractivity (Wildman–Crippen MR) is 138 cm³/mol. The maximum absolute atomic E-state index is 12.5. The average molecular weight is 495 g/mol. The van der Waals surface area contributed by atoms with Crippen molar-refractivity contribution in [2.45, 2.75) is 58.9 Å². The number of nitrogens with zero attached hydrogens (tertiary/aromatic N) is 3. The summed E-state index contributed by atoms with van der Waals surface area (Å²) >= 11 is 1.52. The number of ether oxygens (including phenoxy) is 1. The Morgan fingerprint density at radius 3 is 2.69 bits per heavy atom. The second-order valence-electron chi connectivity index (χ2n) is 10.2. The van der Waals surface area contributed by atoms with E-state index in [1.165, 1.54) is 11.3 Å². The van der Waals surface area contributed by atoms with Gasteiger partial charge in [-0.2, -0.15) is 5.10 Å². The van der Waals surface area contributed by atoms with Gasteiger partial charge >= 0.3 is 0 Å². The minimum Gasteiger partial charge on any atom is -0.381 e. The Morgan fingerprint density at radius 2 is 1.97 bits per heavy atom. The number of amides is 1. The Bertz CT molecular complexity index is 1190. The number of ketones is 1. The lowest BCUT2D eigenvalue weighted by Gasteiger charge is -2.23. The first kappa shape index (κ1) is 25.3. The van der Waals surface area contributed by atoms with Crippen molar-refractivity contribution in [1.82, 2.24) is 20.1 Å². The molecule has 0 unspecified atom stereocenters. The van der Waals surface area contributed by atoms with E-state index in [1.54, 1.807) is 6.92 Å². The van der Waals surface area contributed by atoms with E-state index < -0.39 is 0 Å². The van der Waals surface area contributed by atoms with Crippen LogP contribution in [0.25, 0.3) is 21.8 Å². The Balaban J connectivity index is 1.56. The number of hydrogen-bond donors (Lipinski definition) is 1. The van der Waals surface area contributed by atoms with Crippen molar-refractivity contribution in [3.63, 3.8) is 0 Å². The molecule has 0 atom stereocenters. The van der Waals surface area contributed by atoms with Crippen molar-refractivity contribution in [2.24, 2.45) is 5.92 Å². The average Bonchev–Trinajstić information content (AvgIpc) is 3.45. The molecule has 1 fully saturated rings. The van der Waals surface area contributed by atoms with Gasteiger partial charge < -0.3 is 10.1 Å². The Kier molecular flexibility index (Phi) is 7.82. The second kappa shape index (κ2) is 10.8. The minimum absolute atomic E-state index is 0.00381. The molecular weight excluding hydrogens is 460 g/mol. The molecule has 0 spiro atoms. The first-order valence-electron chi connectivity index (χ1n) is 12.2. The summed E-state index contributed by atoms with van der Waals surface area (Å²) in [7, 11) is 0. The summed E-state index contributed by atoms with van der Waals surface area (Å²) < 4.78 is 7.40. The number of carbonyl (C=O) groups excluding carboxylic acids is 2. The largest absolute Gasteiger partial charge is 0.381 e. The molecule has 3 heterocycles. The third-order valence-electron chi connectivity index (χ3n) is 6.11. The summed E-state index contributed by atoms with van der Waals surface area (Å²) in [4.78, 5) is 29.0. The highest BCUT2D eigenvalue weighted by molar-refractivity contribution is 7.13. The smallest absolute Gasteiger partial charge is 0.226 e. The number of carbonyl (C=O) groups is 2. The van der Waals surface area contributed by atoms with Crippen molar-refractivity contribution in [3.05, 3.63) is 47.1 Å². The van der Waals surface area contributed by atoms with Gasteiger partial charge in [0.05, 0.1) is 35.1 Å². The first-order chi connectivity index (χ1) is 16.7. The van der Waals surface area contributed by atoms with Crippen molar-refractivity contribution in [2.75, 3.05) is 19.8 Å². The number of rotatable bonds is 8. The number of nitrogens with one attached hydrogen (secondary N) is 1. The van der Waals surface area contributed by atoms with E-state index in [0.717, 1.165) is 59.1 Å². The highest BCUT2D eigenvalue weighted by atomic mass is 32.1. The van der Waals surface area contributed by atoms with E-state index in [2.05, 4.69) is 32.2 Å². The lowest BCUT2D eigenvalue weighted by atomic mass is 10.0. The third-order valence-corrected chi connectivity index (χ3v) is 7.04. The zero-order valence-corrected chi connectivity index (χ0v) is 21.8. The molecule has 1 aliphatic heterocycles. The highest BCUT2D eigenvalue weighted by Gasteiger charge is 2.25. The summed E-state index contributed by atoms with van der Waals surface area (Å²) in [5.41, 5.74) is 4.38. The Hall–Kier alpha value is -2.84. The van der Waals surface area contributed by atoms with Gasteiger partial charge in [-0.05, 0) is 58.1 Å². The molecular formula is C27H34N4O3S. The van der Waals surface area contributed by atoms with Crippen LogP contribution in [0.5, 0.6) is 0 Å². The second-order valence-corrected chi connectivity index (χ2v) is 11.1. The molecule has 186 valence electrons. The normalized spacial score (nSPS) is 14.7. The van der Waals surface area contributed by atoms with Gasteiger partial charge in [-0.25, -0.2) is 4.98 Å². The molecule has 4 rings (SSSR count). The molecule has 2 aromatic heterocycles. The lowest BCUT2D eigenvalue weighted by molar-refractivity contribution is -0.121. The topological polar surface area (TPSA) is 86.1 Å². The molecule has 3 aromatic rings. The van der Waals surface area contributed by atoms with Gasteiger partial charge in [-0.3, -0.25) is 14.3 Å². The Labute approximate surface area is 210 Å². The molecule has 0 bridgehead atoms. The predicted octanol–water partition coefficient (Wildman–Crippen LogP) is 4.65. The number of benzene rings is 1. The van der Waals surface area contributed by atoms with Crippen molar-refractivity contribution in [3.8, 4) is 21.8 Å². The van der Waals surface area contributed by atoms with E-state index in [4.69, 9.17) is 14.8 Å². The van der Waals surface area contributed by atoms with Gasteiger partial charge in [0.1, 0.15) is 10.8 Å². The fourth-order valence-electron chi connectivity index (χ4n) is 4.35. The molecule has 1 amide bonds. The van der Waals surface area contributed by atoms with Crippen molar-refractivity contribution >= 4 is 23.0 Å². The maximum Gasteiger partial charge on any atom is 0.226 e. The molecule has 1 N–H and O–H groups in total. The van der Waals surface area contributed by atoms with Crippen LogP contribution in [0, 0.1) is 5.92 Å². The fraction of sp³-hybridized carbons (Fsp3) is 0.481. The zero-order chi connectivity index (χ0) is 25.0. The van der Waals surface area contributed by atoms with Crippen LogP contribution in [0.3, 0.4) is 0 Å². The highest BCUT2D eigenvalue weighted by Crippen LogP contribution is 2.37. The third kappa shape index (κ3) is 6.44. The summed E-state index contributed by atoms with van der Waals surface area (Å²) in [6, 6.07) is 8.06. The van der Waals surface area contributed by atoms with E-state index in [0.29, 0.717) is 18.9 Å². The van der Waals surface area contributed by atoms with Gasteiger partial charge in [-0.1, -0.05) is 18.2 Å². The lowest BCUT2D eigenvalue weighted by Crippen LogP contribution is -2.33. The van der Waals surface area contributed by atoms with Crippen molar-refractivity contribution < 1.29 is 14.3 Å². The SMILES string of the molecule is CC(=O)Cc1cccc(-c2c(-c3nc(CC(=O)NCC4CCOCC4)cs3)cnn2C(C)(C)C)c1. The molecule has 1 saturated heterocycles. The van der Waals surface area contributed by atoms with E-state index >= 15 is 0 Å². The van der Waals surface area contributed by atoms with Crippen LogP contribution >= 0.6 is 11.3 Å². The summed E-state index contributed by atoms with van der Waals surface area (Å²) in [5.74, 6) is 0.616. The molecule has 0 aliphatic carbocycles. The van der Waals surface area contributed by atoms with Crippen LogP contribution in [0.2, 0.25) is 0 Å². The number of hydrogen-bond acceptors (Lipinski definition) is 6. The summed E-state index contributed by atoms with van der Waals surface area (Å²) in [6.07, 6.45) is 4.50. The van der Waals surface area contributed by atoms with Crippen LogP contribution in [0.15, 0.2) is 35.8 Å². The van der Waals surface area contributed by atoms with Crippen LogP contribution in [-0.4, -0.2) is 46.2 Å². The first-order valence-corrected chi connectivity index (χ1v) is 13.0. The van der Waals surface area contributed by atoms with Crippen LogP contribution in [0.1, 0.15) is 51.8 Å². The van der Waals surface area contributed by atoms with Crippen LogP contribution in [0.4, 0.5) is 0 Å². The van der Waals surface area contributed by atoms with E-state index in [9.17, 15) is 9.59 Å². The zero-order valence-electron chi connectivity index (χ0n) is 21.0. The molecule has 1 aliphatic rings. The summed E-state index contributed by atoms with van der Waals surface area (Å²) in [5, 5.41) is 10.6. The van der Waals surface area contributed by atoms with Gasteiger partial charge in [-0.15, -0.1) is 11.3 Å². The molecule has 7 nitrogen and oxygen atoms in total. The Morgan fingerprint density at radius 1 is 1.20 bits per heavy atom. The molecule has 0 saturated carbocycles. The quantitative estimate of drug-likeness (QED) is 0.493. The standard InChI is InChI=1S/C27H34N4O3S/c1-18(32)12-20-6-5-7-21(13-20)25-23(16-29-31(25)27(2,3)4)26-30-22(17-35-26)14-24(33)28-15-19-8-10-34-11-9-19/h5-7,13,16-17,19H,8-12,14-15H2,1-4H3,(H,28,33). The summed E-state index contributed by atoms with van der Waals surface area (Å²) in [6.45, 7) is 10.2. The van der Waals surface area contributed by atoms with Crippen LogP contribution in [-0.2, 0) is 32.7 Å². The molecule has 1 aromatic carbocycles. The van der Waals surface area contributed by atoms with E-state index in [1.807, 2.05) is 34.5 Å². The maximum atomic E-state index is 12.5. The number of aromatic nitrogens is 3. The van der Waals surface area contributed by atoms with Gasteiger partial charge in [0.25, 0.3) is 0 Å². The van der Waals surface area contributed by atoms with E-state index in [-0.39, 0.29) is 23.7 Å². The molecule has 35 heavy (non-hydrogen) atoms. The minimum atomic E-state index is -0.242. The van der Waals surface area contributed by atoms with Crippen LogP contribution < -0.4 is 5.32 Å². The monoisotopic (exact) mass is 494 g/mol. The molecule has 8 heteroatoms.